The summed E-state index contributed by atoms with van der Waals surface area (Å²) in [5, 5.41) is 0. The van der Waals surface area contributed by atoms with Gasteiger partial charge in [0.05, 0.1) is 0 Å². The second kappa shape index (κ2) is 4.29. The summed E-state index contributed by atoms with van der Waals surface area (Å²) >= 11 is 0. The third-order valence-corrected chi connectivity index (χ3v) is 2.63. The first kappa shape index (κ1) is 10.6. The van der Waals surface area contributed by atoms with Crippen molar-refractivity contribution < 1.29 is 23.2 Å². The van der Waals surface area contributed by atoms with Crippen LogP contribution in [0.1, 0.15) is 5.56 Å². The summed E-state index contributed by atoms with van der Waals surface area (Å²) < 4.78 is 8.90. The van der Waals surface area contributed by atoms with Crippen molar-refractivity contribution in [2.24, 2.45) is 0 Å². The van der Waals surface area contributed by atoms with Crippen molar-refractivity contribution in [3.63, 3.8) is 0 Å². The lowest BCUT2D eigenvalue weighted by atomic mass is 10.1. The Morgan fingerprint density at radius 3 is 2.19 bits per heavy atom. The van der Waals surface area contributed by atoms with Crippen LogP contribution >= 0.6 is 0 Å². The summed E-state index contributed by atoms with van der Waals surface area (Å²) in [4.78, 5) is 31.5. The molecule has 0 atom stereocenters. The lowest BCUT2D eigenvalue weighted by molar-refractivity contribution is -0.146. The summed E-state index contributed by atoms with van der Waals surface area (Å²) in [7, 11) is -2.75. The fourth-order valence-corrected chi connectivity index (χ4v) is 1.79. The van der Waals surface area contributed by atoms with Crippen LogP contribution < -0.4 is 0 Å². The molecule has 1 aromatic carbocycles. The van der Waals surface area contributed by atoms with Crippen LogP contribution in [0.15, 0.2) is 35.9 Å². The van der Waals surface area contributed by atoms with E-state index < -0.39 is 21.5 Å². The van der Waals surface area contributed by atoms with Crippen molar-refractivity contribution >= 4 is 27.5 Å². The van der Waals surface area contributed by atoms with Crippen LogP contribution in [-0.4, -0.2) is 26.3 Å². The van der Waals surface area contributed by atoms with E-state index in [-0.39, 0.29) is 5.57 Å². The molecule has 1 fully saturated rings. The molecule has 0 aliphatic carbocycles. The standard InChI is InChI=1S/C10H7O5Si/c11-9-8(10(12)15-16(13)14-9)6-7-4-2-1-3-5-7/h1-6,13H. The Bertz CT molecular complexity index is 434. The van der Waals surface area contributed by atoms with Crippen molar-refractivity contribution in [2.45, 2.75) is 0 Å². The van der Waals surface area contributed by atoms with Crippen molar-refractivity contribution in [3.8, 4) is 0 Å². The molecule has 1 aliphatic rings. The maximum absolute atomic E-state index is 11.3. The number of hydrogen-bond acceptors (Lipinski definition) is 5. The zero-order valence-corrected chi connectivity index (χ0v) is 9.04. The molecule has 0 bridgehead atoms. The van der Waals surface area contributed by atoms with Gasteiger partial charge in [-0.3, -0.25) is 0 Å². The third kappa shape index (κ3) is 2.18. The van der Waals surface area contributed by atoms with Crippen LogP contribution in [0.4, 0.5) is 0 Å². The number of carbonyl (C=O) groups excluding carboxylic acids is 2. The molecule has 0 amide bonds. The molecule has 1 saturated heterocycles. The molecule has 1 heterocycles. The van der Waals surface area contributed by atoms with Gasteiger partial charge in [0.2, 0.25) is 0 Å². The van der Waals surface area contributed by atoms with Gasteiger partial charge in [0, 0.05) is 0 Å². The largest absolute Gasteiger partial charge is 0.738 e. The first-order valence-electron chi connectivity index (χ1n) is 4.44. The number of carbonyl (C=O) groups is 2. The molecule has 6 heteroatoms. The Labute approximate surface area is 92.9 Å². The highest BCUT2D eigenvalue weighted by molar-refractivity contribution is 6.46. The first-order valence-corrected chi connectivity index (χ1v) is 5.70. The number of benzene rings is 1. The van der Waals surface area contributed by atoms with Gasteiger partial charge >= 0.3 is 21.5 Å². The van der Waals surface area contributed by atoms with E-state index in [0.717, 1.165) is 0 Å². The molecule has 16 heavy (non-hydrogen) atoms. The fraction of sp³-hybridized carbons (Fsp3) is 0. The van der Waals surface area contributed by atoms with Gasteiger partial charge in [-0.2, -0.15) is 0 Å². The maximum atomic E-state index is 11.3. The first-order chi connectivity index (χ1) is 7.66. The summed E-state index contributed by atoms with van der Waals surface area (Å²) in [5.41, 5.74) is 0.467. The second-order valence-corrected chi connectivity index (χ2v) is 3.95. The minimum atomic E-state index is -2.75. The summed E-state index contributed by atoms with van der Waals surface area (Å²) in [6.07, 6.45) is 1.36. The fourth-order valence-electron chi connectivity index (χ4n) is 1.21. The summed E-state index contributed by atoms with van der Waals surface area (Å²) in [6, 6.07) is 8.81. The molecule has 2 rings (SSSR count). The van der Waals surface area contributed by atoms with Gasteiger partial charge in [-0.05, 0) is 11.6 Å². The zero-order valence-electron chi connectivity index (χ0n) is 8.04. The van der Waals surface area contributed by atoms with Crippen molar-refractivity contribution in [2.75, 3.05) is 0 Å². The van der Waals surface area contributed by atoms with Crippen LogP contribution in [0, 0.1) is 0 Å². The maximum Gasteiger partial charge on any atom is 0.738 e. The average Bonchev–Trinajstić information content (AvgIpc) is 2.25. The van der Waals surface area contributed by atoms with Crippen molar-refractivity contribution in [1.82, 2.24) is 0 Å². The molecular formula is C10H7O5Si. The highest BCUT2D eigenvalue weighted by Gasteiger charge is 2.37. The molecule has 81 valence electrons. The lowest BCUT2D eigenvalue weighted by Gasteiger charge is -2.15. The van der Waals surface area contributed by atoms with Crippen LogP contribution in [-0.2, 0) is 18.4 Å². The Kier molecular flexibility index (Phi) is 2.84. The molecule has 1 aromatic rings. The van der Waals surface area contributed by atoms with E-state index in [2.05, 4.69) is 8.85 Å². The molecule has 0 spiro atoms. The van der Waals surface area contributed by atoms with E-state index in [1.54, 1.807) is 24.3 Å². The Balaban J connectivity index is 2.30. The van der Waals surface area contributed by atoms with Gasteiger partial charge < -0.3 is 13.6 Å². The molecule has 1 N–H and O–H groups in total. The highest BCUT2D eigenvalue weighted by atomic mass is 28.3. The minimum Gasteiger partial charge on any atom is -0.457 e. The predicted octanol–water partition coefficient (Wildman–Crippen LogP) is 0.147. The van der Waals surface area contributed by atoms with Crippen LogP contribution in [0.25, 0.3) is 6.08 Å². The highest BCUT2D eigenvalue weighted by Crippen LogP contribution is 2.14. The van der Waals surface area contributed by atoms with Crippen molar-refractivity contribution in [3.05, 3.63) is 41.5 Å². The van der Waals surface area contributed by atoms with E-state index in [9.17, 15) is 9.59 Å². The molecule has 0 aromatic heterocycles. The van der Waals surface area contributed by atoms with Gasteiger partial charge in [-0.15, -0.1) is 0 Å². The quantitative estimate of drug-likeness (QED) is 0.426. The van der Waals surface area contributed by atoms with Gasteiger partial charge in [0.1, 0.15) is 5.57 Å². The predicted molar refractivity (Wildman–Crippen MR) is 54.6 cm³/mol. The normalized spacial score (nSPS) is 16.7. The van der Waals surface area contributed by atoms with Crippen LogP contribution in [0.5, 0.6) is 0 Å². The minimum absolute atomic E-state index is 0.214. The Morgan fingerprint density at radius 1 is 1.06 bits per heavy atom. The monoisotopic (exact) mass is 235 g/mol. The summed E-state index contributed by atoms with van der Waals surface area (Å²) in [6.45, 7) is 0. The van der Waals surface area contributed by atoms with Gasteiger partial charge in [0.15, 0.2) is 0 Å². The van der Waals surface area contributed by atoms with Gasteiger partial charge in [0.25, 0.3) is 0 Å². The van der Waals surface area contributed by atoms with Gasteiger partial charge in [-0.1, -0.05) is 30.3 Å². The molecule has 1 aliphatic heterocycles. The molecule has 0 saturated carbocycles. The van der Waals surface area contributed by atoms with E-state index >= 15 is 0 Å². The van der Waals surface area contributed by atoms with E-state index in [1.807, 2.05) is 6.07 Å². The van der Waals surface area contributed by atoms with E-state index in [1.165, 1.54) is 6.08 Å². The van der Waals surface area contributed by atoms with Crippen LogP contribution in [0.2, 0.25) is 0 Å². The Hall–Kier alpha value is -1.92. The smallest absolute Gasteiger partial charge is 0.457 e. The lowest BCUT2D eigenvalue weighted by Crippen LogP contribution is -2.38. The molecule has 5 nitrogen and oxygen atoms in total. The number of rotatable bonds is 1. The van der Waals surface area contributed by atoms with Crippen LogP contribution in [0.3, 0.4) is 0 Å². The molecule has 1 radical (unpaired) electrons. The zero-order chi connectivity index (χ0) is 11.5. The number of hydrogen-bond donors (Lipinski definition) is 1. The summed E-state index contributed by atoms with van der Waals surface area (Å²) in [5.74, 6) is -1.70. The van der Waals surface area contributed by atoms with E-state index in [4.69, 9.17) is 4.80 Å². The topological polar surface area (TPSA) is 72.8 Å². The molecular weight excluding hydrogens is 228 g/mol. The average molecular weight is 235 g/mol. The molecule has 0 unspecified atom stereocenters. The second-order valence-electron chi connectivity index (χ2n) is 3.01. The van der Waals surface area contributed by atoms with E-state index in [0.29, 0.717) is 5.56 Å². The van der Waals surface area contributed by atoms with Gasteiger partial charge in [-0.25, -0.2) is 9.59 Å². The van der Waals surface area contributed by atoms with Crippen molar-refractivity contribution in [1.29, 1.82) is 0 Å². The third-order valence-electron chi connectivity index (χ3n) is 1.91. The Morgan fingerprint density at radius 2 is 1.62 bits per heavy atom. The SMILES string of the molecule is O=C1O[Si](O)OC(=O)C1=Cc1ccccc1.